The van der Waals surface area contributed by atoms with Crippen LogP contribution in [-0.4, -0.2) is 51.9 Å². The summed E-state index contributed by atoms with van der Waals surface area (Å²) in [5.41, 5.74) is 3.21. The molecule has 2 saturated heterocycles. The van der Waals surface area contributed by atoms with E-state index < -0.39 is 0 Å². The molecule has 158 valence electrons. The molecule has 30 heavy (non-hydrogen) atoms. The van der Waals surface area contributed by atoms with E-state index in [1.54, 1.807) is 6.20 Å². The quantitative estimate of drug-likeness (QED) is 0.768. The molecule has 4 heterocycles. The van der Waals surface area contributed by atoms with Gasteiger partial charge in [0.1, 0.15) is 0 Å². The smallest absolute Gasteiger partial charge is 0.225 e. The Kier molecular flexibility index (Phi) is 5.65. The summed E-state index contributed by atoms with van der Waals surface area (Å²) in [6, 6.07) is 4.04. The third-order valence-electron chi connectivity index (χ3n) is 6.99. The summed E-state index contributed by atoms with van der Waals surface area (Å²) in [4.78, 5) is 31.5. The van der Waals surface area contributed by atoms with Gasteiger partial charge in [0.05, 0.1) is 5.69 Å². The molecular weight excluding hydrogens is 374 g/mol. The number of nitrogens with zero attached hydrogens (tertiary/aromatic N) is 5. The maximum atomic E-state index is 12.9. The molecule has 6 nitrogen and oxygen atoms in total. The first kappa shape index (κ1) is 19.5. The SMILES string of the molecule is O=C(C1CCC1)N1CCCC(c2nc(N3CCCCC3)ncc2-c2cccnc2)C1. The van der Waals surface area contributed by atoms with Crippen molar-refractivity contribution in [1.82, 2.24) is 19.9 Å². The van der Waals surface area contributed by atoms with Crippen molar-refractivity contribution in [2.45, 2.75) is 57.3 Å². The predicted molar refractivity (Wildman–Crippen MR) is 117 cm³/mol. The summed E-state index contributed by atoms with van der Waals surface area (Å²) in [6.45, 7) is 3.72. The van der Waals surface area contributed by atoms with Crippen molar-refractivity contribution < 1.29 is 4.79 Å². The Balaban J connectivity index is 1.46. The standard InChI is InChI=1S/C24H31N5O/c30-23(18-7-4-8-18)29-14-6-10-20(17-29)22-21(19-9-5-11-25-15-19)16-26-24(27-22)28-12-2-1-3-13-28/h5,9,11,15-16,18,20H,1-4,6-8,10,12-14,17H2. The van der Waals surface area contributed by atoms with Crippen LogP contribution in [0.2, 0.25) is 0 Å². The Hall–Kier alpha value is -2.50. The van der Waals surface area contributed by atoms with E-state index in [2.05, 4.69) is 20.9 Å². The van der Waals surface area contributed by atoms with Crippen molar-refractivity contribution in [3.8, 4) is 11.1 Å². The fourth-order valence-electron chi connectivity index (χ4n) is 5.00. The second-order valence-electron chi connectivity index (χ2n) is 9.01. The Bertz CT molecular complexity index is 876. The maximum absolute atomic E-state index is 12.9. The first-order chi connectivity index (χ1) is 14.8. The van der Waals surface area contributed by atoms with Crippen molar-refractivity contribution in [3.63, 3.8) is 0 Å². The average Bonchev–Trinajstić information content (AvgIpc) is 2.79. The molecule has 1 saturated carbocycles. The monoisotopic (exact) mass is 405 g/mol. The molecule has 0 radical (unpaired) electrons. The number of hydrogen-bond donors (Lipinski definition) is 0. The second kappa shape index (κ2) is 8.70. The van der Waals surface area contributed by atoms with Crippen molar-refractivity contribution in [2.24, 2.45) is 5.92 Å². The maximum Gasteiger partial charge on any atom is 0.225 e. The van der Waals surface area contributed by atoms with Crippen LogP contribution in [0.15, 0.2) is 30.7 Å². The van der Waals surface area contributed by atoms with Crippen LogP contribution in [0.1, 0.15) is 63.0 Å². The molecular formula is C24H31N5O. The van der Waals surface area contributed by atoms with Crippen LogP contribution >= 0.6 is 0 Å². The van der Waals surface area contributed by atoms with Crippen LogP contribution in [-0.2, 0) is 4.79 Å². The van der Waals surface area contributed by atoms with Gasteiger partial charge in [-0.3, -0.25) is 9.78 Å². The van der Waals surface area contributed by atoms with Crippen LogP contribution in [0.4, 0.5) is 5.95 Å². The van der Waals surface area contributed by atoms with Gasteiger partial charge in [0, 0.05) is 67.7 Å². The molecule has 3 fully saturated rings. The Labute approximate surface area is 178 Å². The van der Waals surface area contributed by atoms with Crippen LogP contribution < -0.4 is 4.90 Å². The highest BCUT2D eigenvalue weighted by atomic mass is 16.2. The van der Waals surface area contributed by atoms with E-state index in [1.165, 1.54) is 25.7 Å². The summed E-state index contributed by atoms with van der Waals surface area (Å²) in [7, 11) is 0. The number of carbonyl (C=O) groups excluding carboxylic acids is 1. The summed E-state index contributed by atoms with van der Waals surface area (Å²) in [6.07, 6.45) is 14.8. The second-order valence-corrected chi connectivity index (χ2v) is 9.01. The van der Waals surface area contributed by atoms with Gasteiger partial charge >= 0.3 is 0 Å². The van der Waals surface area contributed by atoms with Crippen LogP contribution in [0.3, 0.4) is 0 Å². The first-order valence-electron chi connectivity index (χ1n) is 11.6. The molecule has 0 N–H and O–H groups in total. The zero-order valence-electron chi connectivity index (χ0n) is 17.7. The summed E-state index contributed by atoms with van der Waals surface area (Å²) >= 11 is 0. The van der Waals surface area contributed by atoms with Crippen molar-refractivity contribution in [1.29, 1.82) is 0 Å². The topological polar surface area (TPSA) is 62.2 Å². The summed E-state index contributed by atoms with van der Waals surface area (Å²) in [5.74, 6) is 1.72. The average molecular weight is 406 g/mol. The molecule has 2 aromatic rings. The lowest BCUT2D eigenvalue weighted by Crippen LogP contribution is -2.44. The number of carbonyl (C=O) groups is 1. The molecule has 0 aromatic carbocycles. The molecule has 0 bridgehead atoms. The molecule has 1 aliphatic carbocycles. The zero-order valence-corrected chi connectivity index (χ0v) is 17.7. The van der Waals surface area contributed by atoms with Gasteiger partial charge in [-0.25, -0.2) is 9.97 Å². The number of hydrogen-bond acceptors (Lipinski definition) is 5. The predicted octanol–water partition coefficient (Wildman–Crippen LogP) is 4.04. The molecule has 0 spiro atoms. The number of piperidine rings is 2. The van der Waals surface area contributed by atoms with E-state index in [4.69, 9.17) is 9.97 Å². The van der Waals surface area contributed by atoms with Gasteiger partial charge in [-0.1, -0.05) is 12.5 Å². The third-order valence-corrected chi connectivity index (χ3v) is 6.99. The van der Waals surface area contributed by atoms with Crippen LogP contribution in [0.5, 0.6) is 0 Å². The highest BCUT2D eigenvalue weighted by Crippen LogP contribution is 2.36. The molecule has 5 rings (SSSR count). The van der Waals surface area contributed by atoms with Crippen LogP contribution in [0.25, 0.3) is 11.1 Å². The van der Waals surface area contributed by atoms with Gasteiger partial charge in [0.25, 0.3) is 0 Å². The normalized spacial score (nSPS) is 22.6. The molecule has 1 unspecified atom stereocenters. The Morgan fingerprint density at radius 3 is 2.57 bits per heavy atom. The lowest BCUT2D eigenvalue weighted by molar-refractivity contribution is -0.139. The van der Waals surface area contributed by atoms with Gasteiger partial charge in [-0.05, 0) is 51.0 Å². The Morgan fingerprint density at radius 2 is 1.83 bits per heavy atom. The van der Waals surface area contributed by atoms with Crippen molar-refractivity contribution >= 4 is 11.9 Å². The van der Waals surface area contributed by atoms with E-state index in [9.17, 15) is 4.79 Å². The van der Waals surface area contributed by atoms with Gasteiger partial charge in [-0.15, -0.1) is 0 Å². The van der Waals surface area contributed by atoms with E-state index in [0.29, 0.717) is 5.91 Å². The lowest BCUT2D eigenvalue weighted by atomic mass is 9.83. The fraction of sp³-hybridized carbons (Fsp3) is 0.583. The molecule has 1 amide bonds. The van der Waals surface area contributed by atoms with Gasteiger partial charge in [0.15, 0.2) is 0 Å². The number of aromatic nitrogens is 3. The molecule has 2 aromatic heterocycles. The highest BCUT2D eigenvalue weighted by Gasteiger charge is 2.34. The lowest BCUT2D eigenvalue weighted by Gasteiger charge is -2.37. The minimum absolute atomic E-state index is 0.254. The molecule has 2 aliphatic heterocycles. The fourth-order valence-corrected chi connectivity index (χ4v) is 5.00. The minimum Gasteiger partial charge on any atom is -0.342 e. The van der Waals surface area contributed by atoms with Gasteiger partial charge < -0.3 is 9.80 Å². The van der Waals surface area contributed by atoms with Gasteiger partial charge in [-0.2, -0.15) is 0 Å². The Morgan fingerprint density at radius 1 is 0.967 bits per heavy atom. The molecule has 6 heteroatoms. The molecule has 1 atom stereocenters. The van der Waals surface area contributed by atoms with Crippen molar-refractivity contribution in [3.05, 3.63) is 36.4 Å². The number of pyridine rings is 1. The van der Waals surface area contributed by atoms with Crippen LogP contribution in [0, 0.1) is 5.92 Å². The largest absolute Gasteiger partial charge is 0.342 e. The number of amides is 1. The van der Waals surface area contributed by atoms with E-state index in [0.717, 1.165) is 74.6 Å². The highest BCUT2D eigenvalue weighted by molar-refractivity contribution is 5.80. The zero-order chi connectivity index (χ0) is 20.3. The first-order valence-corrected chi connectivity index (χ1v) is 11.6. The minimum atomic E-state index is 0.254. The number of anilines is 1. The summed E-state index contributed by atoms with van der Waals surface area (Å²) < 4.78 is 0. The van der Waals surface area contributed by atoms with E-state index >= 15 is 0 Å². The van der Waals surface area contributed by atoms with Gasteiger partial charge in [0.2, 0.25) is 11.9 Å². The molecule has 3 aliphatic rings. The van der Waals surface area contributed by atoms with E-state index in [1.807, 2.05) is 18.5 Å². The summed E-state index contributed by atoms with van der Waals surface area (Å²) in [5, 5.41) is 0. The third kappa shape index (κ3) is 3.92. The van der Waals surface area contributed by atoms with E-state index in [-0.39, 0.29) is 11.8 Å². The number of rotatable bonds is 4. The van der Waals surface area contributed by atoms with Crippen molar-refractivity contribution in [2.75, 3.05) is 31.1 Å². The number of likely N-dealkylation sites (tertiary alicyclic amines) is 1.